The van der Waals surface area contributed by atoms with Gasteiger partial charge in [0.1, 0.15) is 0 Å². The Morgan fingerprint density at radius 3 is 2.56 bits per heavy atom. The van der Waals surface area contributed by atoms with Crippen LogP contribution in [0.4, 0.5) is 0 Å². The van der Waals surface area contributed by atoms with Gasteiger partial charge >= 0.3 is 0 Å². The van der Waals surface area contributed by atoms with Crippen molar-refractivity contribution in [2.75, 3.05) is 32.7 Å². The van der Waals surface area contributed by atoms with E-state index in [1.165, 1.54) is 6.42 Å². The molecule has 1 aliphatic rings. The summed E-state index contributed by atoms with van der Waals surface area (Å²) in [6, 6.07) is 1.56. The second-order valence-corrected chi connectivity index (χ2v) is 7.95. The first-order valence-corrected chi connectivity index (χ1v) is 10.2. The monoisotopic (exact) mass is 490 g/mol. The van der Waals surface area contributed by atoms with Gasteiger partial charge in [-0.15, -0.1) is 24.0 Å². The van der Waals surface area contributed by atoms with Crippen LogP contribution in [0.15, 0.2) is 23.7 Å². The third kappa shape index (κ3) is 6.93. The summed E-state index contributed by atoms with van der Waals surface area (Å²) in [5.41, 5.74) is 0. The quantitative estimate of drug-likeness (QED) is 0.361. The summed E-state index contributed by atoms with van der Waals surface area (Å²) in [6.45, 7) is 18.3. The Morgan fingerprint density at radius 1 is 1.30 bits per heavy atom. The molecule has 1 fully saturated rings. The molecule has 7 heteroatoms. The number of halogens is 1. The highest BCUT2D eigenvalue weighted by Gasteiger charge is 2.28. The molecule has 0 aliphatic carbocycles. The Kier molecular flexibility index (Phi) is 10.7. The first-order valence-electron chi connectivity index (χ1n) is 10.2. The number of hydrogen-bond acceptors (Lipinski definition) is 3. The van der Waals surface area contributed by atoms with Gasteiger partial charge in [-0.25, -0.2) is 4.98 Å². The fourth-order valence-corrected chi connectivity index (χ4v) is 3.90. The summed E-state index contributed by atoms with van der Waals surface area (Å²) in [6.07, 6.45) is 7.07. The molecule has 0 radical (unpaired) electrons. The average molecular weight is 490 g/mol. The van der Waals surface area contributed by atoms with Gasteiger partial charge in [-0.05, 0) is 47.0 Å². The third-order valence-corrected chi connectivity index (χ3v) is 5.41. The highest BCUT2D eigenvalue weighted by atomic mass is 127. The molecule has 156 valence electrons. The maximum Gasteiger partial charge on any atom is 0.194 e. The van der Waals surface area contributed by atoms with E-state index in [4.69, 9.17) is 4.99 Å². The van der Waals surface area contributed by atoms with Gasteiger partial charge in [-0.3, -0.25) is 9.89 Å². The molecule has 0 bridgehead atoms. The van der Waals surface area contributed by atoms with Gasteiger partial charge in [0.05, 0.1) is 18.9 Å². The number of likely N-dealkylation sites (tertiary alicyclic amines) is 1. The van der Waals surface area contributed by atoms with Gasteiger partial charge in [0.25, 0.3) is 0 Å². The number of aromatic nitrogens is 2. The molecule has 2 unspecified atom stereocenters. The van der Waals surface area contributed by atoms with Crippen molar-refractivity contribution in [1.29, 1.82) is 0 Å². The summed E-state index contributed by atoms with van der Waals surface area (Å²) in [7, 11) is 0. The lowest BCUT2D eigenvalue weighted by Gasteiger charge is -2.39. The van der Waals surface area contributed by atoms with Crippen molar-refractivity contribution < 1.29 is 0 Å². The zero-order valence-corrected chi connectivity index (χ0v) is 20.3. The molecule has 0 spiro atoms. The van der Waals surface area contributed by atoms with Crippen LogP contribution < -0.4 is 5.32 Å². The van der Waals surface area contributed by atoms with Crippen molar-refractivity contribution in [2.45, 2.75) is 66.1 Å². The van der Waals surface area contributed by atoms with Crippen molar-refractivity contribution in [2.24, 2.45) is 10.9 Å². The van der Waals surface area contributed by atoms with Crippen LogP contribution in [0.3, 0.4) is 0 Å². The van der Waals surface area contributed by atoms with Crippen LogP contribution in [-0.2, 0) is 0 Å². The highest BCUT2D eigenvalue weighted by molar-refractivity contribution is 14.0. The molecule has 2 heterocycles. The molecule has 1 aliphatic heterocycles. The fourth-order valence-electron chi connectivity index (χ4n) is 3.90. The number of imidazole rings is 1. The van der Waals surface area contributed by atoms with Gasteiger partial charge in [0, 0.05) is 50.7 Å². The average Bonchev–Trinajstić information content (AvgIpc) is 3.12. The molecular formula is C20H39IN6. The molecule has 0 amide bonds. The van der Waals surface area contributed by atoms with Crippen molar-refractivity contribution >= 4 is 29.9 Å². The van der Waals surface area contributed by atoms with E-state index in [9.17, 15) is 0 Å². The van der Waals surface area contributed by atoms with E-state index in [1.807, 2.05) is 12.5 Å². The summed E-state index contributed by atoms with van der Waals surface area (Å²) in [5.74, 6) is 1.71. The topological polar surface area (TPSA) is 48.7 Å². The van der Waals surface area contributed by atoms with E-state index < -0.39 is 0 Å². The molecule has 1 N–H and O–H groups in total. The van der Waals surface area contributed by atoms with Crippen molar-refractivity contribution in [3.05, 3.63) is 18.7 Å². The zero-order valence-electron chi connectivity index (χ0n) is 17.9. The van der Waals surface area contributed by atoms with E-state index in [0.717, 1.165) is 38.7 Å². The van der Waals surface area contributed by atoms with Gasteiger partial charge in [0.15, 0.2) is 5.96 Å². The Hall–Kier alpha value is -0.830. The fraction of sp³-hybridized carbons (Fsp3) is 0.800. The smallest absolute Gasteiger partial charge is 0.194 e. The van der Waals surface area contributed by atoms with Crippen LogP contribution in [-0.4, -0.2) is 70.1 Å². The standard InChI is InChI=1S/C20H38N6.HI/c1-7-22-20(23-10-13-26(16(2)3)17(4)5)24-11-8-18(6)19(14-24)25-12-9-21-15-25;/h9,12,15-19H,7-8,10-11,13-14H2,1-6H3,(H,22,23);1H. The van der Waals surface area contributed by atoms with E-state index >= 15 is 0 Å². The number of nitrogens with one attached hydrogen (secondary N) is 1. The van der Waals surface area contributed by atoms with Crippen LogP contribution in [0.25, 0.3) is 0 Å². The third-order valence-electron chi connectivity index (χ3n) is 5.41. The largest absolute Gasteiger partial charge is 0.357 e. The van der Waals surface area contributed by atoms with Gasteiger partial charge < -0.3 is 14.8 Å². The Morgan fingerprint density at radius 2 is 2.00 bits per heavy atom. The van der Waals surface area contributed by atoms with Crippen LogP contribution in [0.5, 0.6) is 0 Å². The minimum Gasteiger partial charge on any atom is -0.357 e. The van der Waals surface area contributed by atoms with Gasteiger partial charge in [-0.2, -0.15) is 0 Å². The summed E-state index contributed by atoms with van der Waals surface area (Å²) in [4.78, 5) is 14.1. The molecule has 2 rings (SSSR count). The van der Waals surface area contributed by atoms with E-state index in [1.54, 1.807) is 0 Å². The maximum absolute atomic E-state index is 4.95. The lowest BCUT2D eigenvalue weighted by Crippen LogP contribution is -2.49. The number of guanidine groups is 1. The first kappa shape index (κ1) is 24.2. The van der Waals surface area contributed by atoms with Crippen molar-refractivity contribution in [3.63, 3.8) is 0 Å². The lowest BCUT2D eigenvalue weighted by molar-refractivity contribution is 0.178. The SMILES string of the molecule is CCNC(=NCCN(C(C)C)C(C)C)N1CCC(C)C(n2ccnc2)C1.I. The van der Waals surface area contributed by atoms with Gasteiger partial charge in [0.2, 0.25) is 0 Å². The lowest BCUT2D eigenvalue weighted by atomic mass is 9.93. The van der Waals surface area contributed by atoms with Crippen LogP contribution >= 0.6 is 24.0 Å². The van der Waals surface area contributed by atoms with Crippen LogP contribution in [0, 0.1) is 5.92 Å². The summed E-state index contributed by atoms with van der Waals surface area (Å²) < 4.78 is 2.25. The maximum atomic E-state index is 4.95. The van der Waals surface area contributed by atoms with E-state index in [0.29, 0.717) is 24.0 Å². The van der Waals surface area contributed by atoms with Crippen LogP contribution in [0.1, 0.15) is 54.0 Å². The predicted octanol–water partition coefficient (Wildman–Crippen LogP) is 3.47. The number of rotatable bonds is 7. The highest BCUT2D eigenvalue weighted by Crippen LogP contribution is 2.27. The molecule has 1 saturated heterocycles. The minimum absolute atomic E-state index is 0. The molecule has 0 aromatic carbocycles. The summed E-state index contributed by atoms with van der Waals surface area (Å²) in [5, 5.41) is 3.50. The van der Waals surface area contributed by atoms with Gasteiger partial charge in [-0.1, -0.05) is 6.92 Å². The van der Waals surface area contributed by atoms with Crippen molar-refractivity contribution in [3.8, 4) is 0 Å². The molecule has 6 nitrogen and oxygen atoms in total. The first-order chi connectivity index (χ1) is 12.4. The number of hydrogen-bond donors (Lipinski definition) is 1. The molecular weight excluding hydrogens is 451 g/mol. The molecule has 0 saturated carbocycles. The predicted molar refractivity (Wildman–Crippen MR) is 125 cm³/mol. The van der Waals surface area contributed by atoms with Crippen LogP contribution in [0.2, 0.25) is 0 Å². The Labute approximate surface area is 182 Å². The minimum atomic E-state index is 0. The van der Waals surface area contributed by atoms with E-state index in [2.05, 4.69) is 72.4 Å². The summed E-state index contributed by atoms with van der Waals surface area (Å²) >= 11 is 0. The molecule has 27 heavy (non-hydrogen) atoms. The zero-order chi connectivity index (χ0) is 19.1. The normalized spacial score (nSPS) is 21.1. The number of nitrogens with zero attached hydrogens (tertiary/aromatic N) is 5. The Balaban J connectivity index is 0.00000364. The van der Waals surface area contributed by atoms with Crippen molar-refractivity contribution in [1.82, 2.24) is 24.7 Å². The van der Waals surface area contributed by atoms with E-state index in [-0.39, 0.29) is 24.0 Å². The molecule has 2 atom stereocenters. The second-order valence-electron chi connectivity index (χ2n) is 7.95. The molecule has 1 aromatic rings. The number of aliphatic imine (C=N–C) groups is 1. The Bertz CT molecular complexity index is 535. The molecule has 1 aromatic heterocycles. The number of piperidine rings is 1. The second kappa shape index (κ2) is 11.9.